The predicted octanol–water partition coefficient (Wildman–Crippen LogP) is 1.37. The summed E-state index contributed by atoms with van der Waals surface area (Å²) in [6.45, 7) is 1.13. The molecule has 1 aliphatic rings. The van der Waals surface area contributed by atoms with E-state index in [1.54, 1.807) is 0 Å². The number of aldehydes is 1. The van der Waals surface area contributed by atoms with Crippen LogP contribution in [-0.2, 0) is 14.8 Å². The number of carbonyl (C=O) groups excluding carboxylic acids is 1. The third-order valence-corrected chi connectivity index (χ3v) is 5.23. The molecule has 1 aromatic carbocycles. The van der Waals surface area contributed by atoms with Gasteiger partial charge < -0.3 is 4.79 Å². The fourth-order valence-electron chi connectivity index (χ4n) is 2.13. The lowest BCUT2D eigenvalue weighted by Gasteiger charge is -2.21. The third kappa shape index (κ3) is 2.40. The monoisotopic (exact) mass is 289 g/mol. The second-order valence-corrected chi connectivity index (χ2v) is 6.42. The molecular formula is C12H13F2NO3S. The van der Waals surface area contributed by atoms with E-state index in [1.807, 2.05) is 0 Å². The average Bonchev–Trinajstić information content (AvgIpc) is 2.66. The van der Waals surface area contributed by atoms with Gasteiger partial charge in [-0.05, 0) is 24.3 Å². The Morgan fingerprint density at radius 1 is 1.32 bits per heavy atom. The SMILES string of the molecule is CC1C(F)CN(S(=O)(=O)c2ccc(F)cc2)C1C=O. The minimum Gasteiger partial charge on any atom is -0.302 e. The van der Waals surface area contributed by atoms with Crippen molar-refractivity contribution in [3.8, 4) is 0 Å². The summed E-state index contributed by atoms with van der Waals surface area (Å²) in [7, 11) is -3.99. The molecule has 0 amide bonds. The molecule has 19 heavy (non-hydrogen) atoms. The molecule has 0 radical (unpaired) electrons. The van der Waals surface area contributed by atoms with Crippen molar-refractivity contribution in [2.75, 3.05) is 6.54 Å². The quantitative estimate of drug-likeness (QED) is 0.790. The van der Waals surface area contributed by atoms with E-state index in [2.05, 4.69) is 0 Å². The van der Waals surface area contributed by atoms with Crippen LogP contribution in [0.2, 0.25) is 0 Å². The summed E-state index contributed by atoms with van der Waals surface area (Å²) in [6.07, 6.45) is -0.948. The predicted molar refractivity (Wildman–Crippen MR) is 64.2 cm³/mol. The Hall–Kier alpha value is -1.34. The lowest BCUT2D eigenvalue weighted by atomic mass is 10.0. The summed E-state index contributed by atoms with van der Waals surface area (Å²) in [6, 6.07) is 3.20. The van der Waals surface area contributed by atoms with Gasteiger partial charge in [0.05, 0.1) is 10.9 Å². The number of carbonyl (C=O) groups is 1. The largest absolute Gasteiger partial charge is 0.302 e. The average molecular weight is 289 g/mol. The number of alkyl halides is 1. The van der Waals surface area contributed by atoms with E-state index in [0.717, 1.165) is 28.6 Å². The maximum Gasteiger partial charge on any atom is 0.243 e. The van der Waals surface area contributed by atoms with Crippen molar-refractivity contribution in [1.82, 2.24) is 4.31 Å². The fourth-order valence-corrected chi connectivity index (χ4v) is 3.78. The lowest BCUT2D eigenvalue weighted by molar-refractivity contribution is -0.111. The van der Waals surface area contributed by atoms with Gasteiger partial charge in [-0.25, -0.2) is 17.2 Å². The van der Waals surface area contributed by atoms with Gasteiger partial charge in [0.1, 0.15) is 18.3 Å². The van der Waals surface area contributed by atoms with Crippen molar-refractivity contribution in [3.05, 3.63) is 30.1 Å². The van der Waals surface area contributed by atoms with Crippen LogP contribution < -0.4 is 0 Å². The van der Waals surface area contributed by atoms with E-state index >= 15 is 0 Å². The highest BCUT2D eigenvalue weighted by Crippen LogP contribution is 2.31. The van der Waals surface area contributed by atoms with Gasteiger partial charge in [0.15, 0.2) is 0 Å². The van der Waals surface area contributed by atoms with Crippen LogP contribution in [0.5, 0.6) is 0 Å². The molecule has 1 saturated heterocycles. The van der Waals surface area contributed by atoms with Crippen molar-refractivity contribution in [1.29, 1.82) is 0 Å². The summed E-state index contributed by atoms with van der Waals surface area (Å²) in [5.41, 5.74) is 0. The normalized spacial score (nSPS) is 28.5. The Labute approximate surface area is 110 Å². The van der Waals surface area contributed by atoms with E-state index < -0.39 is 34.0 Å². The molecule has 3 unspecified atom stereocenters. The van der Waals surface area contributed by atoms with Gasteiger partial charge in [-0.2, -0.15) is 4.31 Å². The van der Waals surface area contributed by atoms with E-state index in [-0.39, 0.29) is 11.4 Å². The fraction of sp³-hybridized carbons (Fsp3) is 0.417. The number of benzene rings is 1. The van der Waals surface area contributed by atoms with Crippen LogP contribution in [0, 0.1) is 11.7 Å². The zero-order valence-electron chi connectivity index (χ0n) is 10.2. The van der Waals surface area contributed by atoms with Crippen molar-refractivity contribution in [2.24, 2.45) is 5.92 Å². The smallest absolute Gasteiger partial charge is 0.243 e. The van der Waals surface area contributed by atoms with Crippen LogP contribution in [0.3, 0.4) is 0 Å². The van der Waals surface area contributed by atoms with Crippen molar-refractivity contribution in [3.63, 3.8) is 0 Å². The topological polar surface area (TPSA) is 54.5 Å². The second kappa shape index (κ2) is 4.97. The molecule has 2 rings (SSSR count). The van der Waals surface area contributed by atoms with Gasteiger partial charge in [0, 0.05) is 12.5 Å². The Bertz CT molecular complexity index is 573. The number of rotatable bonds is 3. The van der Waals surface area contributed by atoms with E-state index in [9.17, 15) is 22.0 Å². The number of halogens is 2. The molecule has 104 valence electrons. The molecule has 0 spiro atoms. The Balaban J connectivity index is 2.39. The van der Waals surface area contributed by atoms with Crippen LogP contribution in [0.1, 0.15) is 6.92 Å². The Kier molecular flexibility index (Phi) is 3.69. The summed E-state index contributed by atoms with van der Waals surface area (Å²) in [5.74, 6) is -1.25. The molecular weight excluding hydrogens is 276 g/mol. The van der Waals surface area contributed by atoms with Crippen LogP contribution >= 0.6 is 0 Å². The minimum atomic E-state index is -3.99. The first-order chi connectivity index (χ1) is 8.87. The zero-order valence-corrected chi connectivity index (χ0v) is 11.0. The zero-order chi connectivity index (χ0) is 14.2. The summed E-state index contributed by atoms with van der Waals surface area (Å²) in [5, 5.41) is 0. The molecule has 0 N–H and O–H groups in total. The van der Waals surface area contributed by atoms with E-state index in [4.69, 9.17) is 0 Å². The number of nitrogens with zero attached hydrogens (tertiary/aromatic N) is 1. The standard InChI is InChI=1S/C12H13F2NO3S/c1-8-11(14)6-15(12(8)7-16)19(17,18)10-4-2-9(13)3-5-10/h2-5,7-8,11-12H,6H2,1H3. The first kappa shape index (κ1) is 14.1. The highest BCUT2D eigenvalue weighted by atomic mass is 32.2. The van der Waals surface area contributed by atoms with Gasteiger partial charge in [-0.15, -0.1) is 0 Å². The summed E-state index contributed by atoms with van der Waals surface area (Å²) < 4.78 is 51.8. The van der Waals surface area contributed by atoms with Crippen molar-refractivity contribution >= 4 is 16.3 Å². The Morgan fingerprint density at radius 3 is 2.42 bits per heavy atom. The number of sulfonamides is 1. The van der Waals surface area contributed by atoms with Gasteiger partial charge in [-0.3, -0.25) is 0 Å². The highest BCUT2D eigenvalue weighted by Gasteiger charge is 2.45. The molecule has 7 heteroatoms. The van der Waals surface area contributed by atoms with Gasteiger partial charge in [0.2, 0.25) is 10.0 Å². The van der Waals surface area contributed by atoms with Crippen LogP contribution in [0.25, 0.3) is 0 Å². The lowest BCUT2D eigenvalue weighted by Crippen LogP contribution is -2.38. The molecule has 1 heterocycles. The summed E-state index contributed by atoms with van der Waals surface area (Å²) >= 11 is 0. The molecule has 1 aromatic rings. The molecule has 0 aliphatic carbocycles. The van der Waals surface area contributed by atoms with E-state index in [0.29, 0.717) is 6.29 Å². The Morgan fingerprint density at radius 2 is 1.89 bits per heavy atom. The second-order valence-electron chi connectivity index (χ2n) is 4.53. The highest BCUT2D eigenvalue weighted by molar-refractivity contribution is 7.89. The van der Waals surface area contributed by atoms with Gasteiger partial charge in [0.25, 0.3) is 0 Å². The first-order valence-electron chi connectivity index (χ1n) is 5.74. The van der Waals surface area contributed by atoms with Crippen molar-refractivity contribution in [2.45, 2.75) is 24.0 Å². The molecule has 0 bridgehead atoms. The third-order valence-electron chi connectivity index (χ3n) is 3.36. The maximum atomic E-state index is 13.6. The molecule has 0 saturated carbocycles. The van der Waals surface area contributed by atoms with E-state index in [1.165, 1.54) is 6.92 Å². The van der Waals surface area contributed by atoms with Gasteiger partial charge in [-0.1, -0.05) is 6.92 Å². The minimum absolute atomic E-state index is 0.151. The maximum absolute atomic E-state index is 13.6. The van der Waals surface area contributed by atoms with Crippen molar-refractivity contribution < 1.29 is 22.0 Å². The molecule has 0 aromatic heterocycles. The molecule has 3 atom stereocenters. The van der Waals surface area contributed by atoms with Crippen LogP contribution in [0.15, 0.2) is 29.2 Å². The molecule has 1 aliphatic heterocycles. The number of hydrogen-bond acceptors (Lipinski definition) is 3. The molecule has 1 fully saturated rings. The number of hydrogen-bond donors (Lipinski definition) is 0. The first-order valence-corrected chi connectivity index (χ1v) is 7.18. The van der Waals surface area contributed by atoms with Crippen LogP contribution in [-0.4, -0.2) is 37.8 Å². The van der Waals surface area contributed by atoms with Crippen LogP contribution in [0.4, 0.5) is 8.78 Å². The van der Waals surface area contributed by atoms with Gasteiger partial charge >= 0.3 is 0 Å². The summed E-state index contributed by atoms with van der Waals surface area (Å²) in [4.78, 5) is 10.8. The molecule has 4 nitrogen and oxygen atoms in total.